The second kappa shape index (κ2) is 4.33. The Kier molecular flexibility index (Phi) is 4.10. The molecule has 5 heteroatoms. The van der Waals surface area contributed by atoms with Gasteiger partial charge in [-0.3, -0.25) is 4.79 Å². The largest absolute Gasteiger partial charge is 0.468 e. The van der Waals surface area contributed by atoms with E-state index in [2.05, 4.69) is 4.74 Å². The van der Waals surface area contributed by atoms with Crippen molar-refractivity contribution >= 4 is 15.8 Å². The molecule has 0 N–H and O–H groups in total. The Labute approximate surface area is 66.5 Å². The van der Waals surface area contributed by atoms with Gasteiger partial charge in [-0.05, 0) is 6.42 Å². The molecule has 0 spiro atoms. The summed E-state index contributed by atoms with van der Waals surface area (Å²) < 4.78 is 26.0. The highest BCUT2D eigenvalue weighted by atomic mass is 32.2. The molecule has 0 radical (unpaired) electrons. The summed E-state index contributed by atoms with van der Waals surface area (Å²) in [6.45, 7) is 1.74. The Morgan fingerprint density at radius 2 is 2.00 bits per heavy atom. The predicted octanol–water partition coefficient (Wildman–Crippen LogP) is -0.0158. The third-order valence-electron chi connectivity index (χ3n) is 1.08. The zero-order valence-corrected chi connectivity index (χ0v) is 7.48. The number of esters is 1. The highest BCUT2D eigenvalue weighted by molar-refractivity contribution is 7.92. The Morgan fingerprint density at radius 3 is 2.36 bits per heavy atom. The van der Waals surface area contributed by atoms with Crippen LogP contribution >= 0.6 is 0 Å². The number of carbonyl (C=O) groups excluding carboxylic acids is 1. The number of carbonyl (C=O) groups is 1. The maximum absolute atomic E-state index is 10.9. The van der Waals surface area contributed by atoms with Crippen molar-refractivity contribution in [3.8, 4) is 0 Å². The van der Waals surface area contributed by atoms with Crippen LogP contribution in [0, 0.1) is 0 Å². The van der Waals surface area contributed by atoms with Gasteiger partial charge in [0.05, 0.1) is 12.9 Å². The van der Waals surface area contributed by atoms with Crippen molar-refractivity contribution in [2.24, 2.45) is 0 Å². The average molecular weight is 180 g/mol. The first kappa shape index (κ1) is 10.4. The fourth-order valence-electron chi connectivity index (χ4n) is 0.622. The summed E-state index contributed by atoms with van der Waals surface area (Å²) in [5.41, 5.74) is 0. The summed E-state index contributed by atoms with van der Waals surface area (Å²) >= 11 is 0. The molecule has 0 aromatic heterocycles. The van der Waals surface area contributed by atoms with Gasteiger partial charge in [0.2, 0.25) is 0 Å². The number of sulfone groups is 1. The van der Waals surface area contributed by atoms with Crippen LogP contribution in [0.4, 0.5) is 0 Å². The number of methoxy groups -OCH3 is 1. The number of rotatable bonds is 4. The van der Waals surface area contributed by atoms with E-state index < -0.39 is 21.6 Å². The Bertz CT molecular complexity index is 217. The van der Waals surface area contributed by atoms with Crippen molar-refractivity contribution in [1.29, 1.82) is 0 Å². The molecule has 0 unspecified atom stereocenters. The molecule has 0 aliphatic carbocycles. The van der Waals surface area contributed by atoms with Gasteiger partial charge in [-0.15, -0.1) is 0 Å². The smallest absolute Gasteiger partial charge is 0.320 e. The summed E-state index contributed by atoms with van der Waals surface area (Å²) in [5.74, 6) is -1.15. The Hall–Kier alpha value is -0.580. The first-order chi connectivity index (χ1) is 5.02. The third kappa shape index (κ3) is 4.78. The van der Waals surface area contributed by atoms with Crippen LogP contribution in [-0.2, 0) is 19.4 Å². The van der Waals surface area contributed by atoms with Gasteiger partial charge in [-0.1, -0.05) is 6.92 Å². The minimum atomic E-state index is -3.22. The standard InChI is InChI=1S/C6H12O4S/c1-3-4-11(8,9)5-6(7)10-2/h3-5H2,1-2H3. The van der Waals surface area contributed by atoms with E-state index in [1.165, 1.54) is 7.11 Å². The quantitative estimate of drug-likeness (QED) is 0.571. The molecule has 0 aliphatic rings. The molecule has 0 aromatic carbocycles. The molecular weight excluding hydrogens is 168 g/mol. The first-order valence-electron chi connectivity index (χ1n) is 3.29. The zero-order valence-electron chi connectivity index (χ0n) is 6.66. The van der Waals surface area contributed by atoms with Crippen LogP contribution in [0.1, 0.15) is 13.3 Å². The van der Waals surface area contributed by atoms with Gasteiger partial charge in [0.1, 0.15) is 5.75 Å². The van der Waals surface area contributed by atoms with Crippen molar-refractivity contribution in [1.82, 2.24) is 0 Å². The molecule has 0 bridgehead atoms. The van der Waals surface area contributed by atoms with Crippen LogP contribution in [0.25, 0.3) is 0 Å². The van der Waals surface area contributed by atoms with Crippen LogP contribution in [-0.4, -0.2) is 33.0 Å². The van der Waals surface area contributed by atoms with Gasteiger partial charge in [0.15, 0.2) is 9.84 Å². The van der Waals surface area contributed by atoms with E-state index in [9.17, 15) is 13.2 Å². The summed E-state index contributed by atoms with van der Waals surface area (Å²) in [5, 5.41) is 0. The zero-order chi connectivity index (χ0) is 8.91. The van der Waals surface area contributed by atoms with E-state index in [0.29, 0.717) is 6.42 Å². The van der Waals surface area contributed by atoms with Gasteiger partial charge in [-0.2, -0.15) is 0 Å². The average Bonchev–Trinajstić information content (AvgIpc) is 1.86. The minimum Gasteiger partial charge on any atom is -0.468 e. The second-order valence-corrected chi connectivity index (χ2v) is 4.35. The van der Waals surface area contributed by atoms with Crippen LogP contribution in [0.15, 0.2) is 0 Å². The lowest BCUT2D eigenvalue weighted by atomic mass is 10.6. The summed E-state index contributed by atoms with van der Waals surface area (Å²) in [6.07, 6.45) is 0.527. The fraction of sp³-hybridized carbons (Fsp3) is 0.833. The Balaban J connectivity index is 4.03. The van der Waals surface area contributed by atoms with Crippen molar-refractivity contribution in [3.63, 3.8) is 0 Å². The molecule has 0 aliphatic heterocycles. The second-order valence-electron chi connectivity index (χ2n) is 2.17. The molecule has 11 heavy (non-hydrogen) atoms. The highest BCUT2D eigenvalue weighted by Gasteiger charge is 2.15. The van der Waals surface area contributed by atoms with Gasteiger partial charge in [-0.25, -0.2) is 8.42 Å². The SMILES string of the molecule is CCCS(=O)(=O)CC(=O)OC. The lowest BCUT2D eigenvalue weighted by molar-refractivity contribution is -0.137. The number of hydrogen-bond acceptors (Lipinski definition) is 4. The lowest BCUT2D eigenvalue weighted by Crippen LogP contribution is -2.19. The van der Waals surface area contributed by atoms with E-state index in [1.807, 2.05) is 0 Å². The first-order valence-corrected chi connectivity index (χ1v) is 5.11. The molecule has 4 nitrogen and oxygen atoms in total. The minimum absolute atomic E-state index is 0.0437. The van der Waals surface area contributed by atoms with Crippen molar-refractivity contribution in [3.05, 3.63) is 0 Å². The predicted molar refractivity (Wildman–Crippen MR) is 41.0 cm³/mol. The highest BCUT2D eigenvalue weighted by Crippen LogP contribution is 1.93. The maximum atomic E-state index is 10.9. The monoisotopic (exact) mass is 180 g/mol. The van der Waals surface area contributed by atoms with Crippen molar-refractivity contribution in [2.75, 3.05) is 18.6 Å². The van der Waals surface area contributed by atoms with Gasteiger partial charge in [0.25, 0.3) is 0 Å². The molecular formula is C6H12O4S. The number of ether oxygens (including phenoxy) is 1. The van der Waals surface area contributed by atoms with E-state index in [0.717, 1.165) is 0 Å². The van der Waals surface area contributed by atoms with Crippen molar-refractivity contribution in [2.45, 2.75) is 13.3 Å². The van der Waals surface area contributed by atoms with E-state index in [-0.39, 0.29) is 5.75 Å². The molecule has 0 saturated carbocycles. The van der Waals surface area contributed by atoms with Crippen LogP contribution < -0.4 is 0 Å². The summed E-state index contributed by atoms with van der Waals surface area (Å²) in [7, 11) is -2.05. The van der Waals surface area contributed by atoms with Gasteiger partial charge in [0, 0.05) is 0 Å². The van der Waals surface area contributed by atoms with Crippen LogP contribution in [0.5, 0.6) is 0 Å². The molecule has 0 rings (SSSR count). The van der Waals surface area contributed by atoms with E-state index in [1.54, 1.807) is 6.92 Å². The summed E-state index contributed by atoms with van der Waals surface area (Å²) in [6, 6.07) is 0. The molecule has 0 aromatic rings. The normalized spacial score (nSPS) is 11.1. The van der Waals surface area contributed by atoms with Gasteiger partial charge < -0.3 is 4.74 Å². The summed E-state index contributed by atoms with van der Waals surface area (Å²) in [4.78, 5) is 10.5. The van der Waals surface area contributed by atoms with Crippen molar-refractivity contribution < 1.29 is 17.9 Å². The molecule has 0 atom stereocenters. The fourth-order valence-corrected chi connectivity index (χ4v) is 1.86. The number of hydrogen-bond donors (Lipinski definition) is 0. The van der Waals surface area contributed by atoms with E-state index in [4.69, 9.17) is 0 Å². The molecule has 0 fully saturated rings. The maximum Gasteiger partial charge on any atom is 0.320 e. The topological polar surface area (TPSA) is 60.4 Å². The lowest BCUT2D eigenvalue weighted by Gasteiger charge is -1.99. The molecule has 66 valence electrons. The third-order valence-corrected chi connectivity index (χ3v) is 2.79. The molecule has 0 heterocycles. The molecule has 0 saturated heterocycles. The van der Waals surface area contributed by atoms with E-state index >= 15 is 0 Å². The van der Waals surface area contributed by atoms with Crippen LogP contribution in [0.3, 0.4) is 0 Å². The molecule has 0 amide bonds. The van der Waals surface area contributed by atoms with Crippen LogP contribution in [0.2, 0.25) is 0 Å². The Morgan fingerprint density at radius 1 is 1.45 bits per heavy atom. The van der Waals surface area contributed by atoms with Gasteiger partial charge >= 0.3 is 5.97 Å².